The van der Waals surface area contributed by atoms with Crippen molar-refractivity contribution >= 4 is 5.69 Å². The van der Waals surface area contributed by atoms with E-state index in [1.54, 1.807) is 14.2 Å². The Kier molecular flexibility index (Phi) is 5.88. The number of rotatable bonds is 6. The maximum atomic E-state index is 6.90. The number of methoxy groups -OCH3 is 2. The molecule has 5 heteroatoms. The zero-order valence-corrected chi connectivity index (χ0v) is 20.6. The molecular formula is C31H30N2O3. The Morgan fingerprint density at radius 2 is 1.36 bits per heavy atom. The Morgan fingerprint density at radius 1 is 0.722 bits per heavy atom. The summed E-state index contributed by atoms with van der Waals surface area (Å²) in [4.78, 5) is 9.34. The second-order valence-corrected chi connectivity index (χ2v) is 9.38. The minimum absolute atomic E-state index is 0.0352. The molecule has 0 bridgehead atoms. The molecule has 0 spiro atoms. The summed E-state index contributed by atoms with van der Waals surface area (Å²) in [5, 5.41) is 2.23. The van der Waals surface area contributed by atoms with Crippen LogP contribution in [0.3, 0.4) is 0 Å². The molecule has 0 amide bonds. The van der Waals surface area contributed by atoms with Crippen molar-refractivity contribution in [2.45, 2.75) is 24.2 Å². The number of fused-ring (bicyclic) bond motifs is 1. The van der Waals surface area contributed by atoms with Gasteiger partial charge in [-0.05, 0) is 41.0 Å². The molecule has 4 aromatic rings. The van der Waals surface area contributed by atoms with Crippen LogP contribution in [0.5, 0.6) is 11.5 Å². The minimum atomic E-state index is -0.324. The minimum Gasteiger partial charge on any atom is -0.493 e. The van der Waals surface area contributed by atoms with Crippen molar-refractivity contribution in [2.75, 3.05) is 25.7 Å². The number of para-hydroxylation sites is 1. The monoisotopic (exact) mass is 478 g/mol. The summed E-state index contributed by atoms with van der Waals surface area (Å²) >= 11 is 0. The highest BCUT2D eigenvalue weighted by Gasteiger charge is 2.59. The van der Waals surface area contributed by atoms with Gasteiger partial charge < -0.3 is 14.4 Å². The Morgan fingerprint density at radius 3 is 2.03 bits per heavy atom. The zero-order chi connectivity index (χ0) is 24.5. The number of hydrogen-bond donors (Lipinski definition) is 0. The SMILES string of the molecule is COc1ccc([C@@H]2N(c3ccccc3)C[C@]3(c4ccccc4)C[C@@H](c4ccccc4)ON23)cc1OC. The normalized spacial score (nSPS) is 23.4. The van der Waals surface area contributed by atoms with Gasteiger partial charge in [-0.2, -0.15) is 0 Å². The van der Waals surface area contributed by atoms with Crippen molar-refractivity contribution in [3.63, 3.8) is 0 Å². The van der Waals surface area contributed by atoms with Crippen molar-refractivity contribution in [1.29, 1.82) is 0 Å². The third kappa shape index (κ3) is 3.72. The molecule has 3 atom stereocenters. The molecule has 0 aliphatic carbocycles. The summed E-state index contributed by atoms with van der Waals surface area (Å²) < 4.78 is 11.2. The molecule has 0 unspecified atom stereocenters. The summed E-state index contributed by atoms with van der Waals surface area (Å²) in [5.74, 6) is 1.42. The first-order chi connectivity index (χ1) is 17.7. The predicted molar refractivity (Wildman–Crippen MR) is 141 cm³/mol. The van der Waals surface area contributed by atoms with Gasteiger partial charge in [0.15, 0.2) is 11.5 Å². The van der Waals surface area contributed by atoms with Gasteiger partial charge in [0, 0.05) is 18.7 Å². The van der Waals surface area contributed by atoms with Gasteiger partial charge >= 0.3 is 0 Å². The van der Waals surface area contributed by atoms with E-state index in [4.69, 9.17) is 14.3 Å². The van der Waals surface area contributed by atoms with Crippen LogP contribution >= 0.6 is 0 Å². The van der Waals surface area contributed by atoms with E-state index in [1.807, 2.05) is 6.07 Å². The predicted octanol–water partition coefficient (Wildman–Crippen LogP) is 6.50. The quantitative estimate of drug-likeness (QED) is 0.316. The zero-order valence-electron chi connectivity index (χ0n) is 20.6. The summed E-state index contributed by atoms with van der Waals surface area (Å²) in [7, 11) is 3.34. The standard InChI is InChI=1S/C31H30N2O3/c1-34-27-19-18-24(20-28(27)35-2)30-32(26-16-10-5-11-17-26)22-31(25-14-8-4-9-15-25)21-29(36-33(30)31)23-12-6-3-7-13-23/h3-20,29-30H,21-22H2,1-2H3/t29-,30+,31-/m0/s1. The number of nitrogens with zero attached hydrogens (tertiary/aromatic N) is 2. The van der Waals surface area contributed by atoms with Gasteiger partial charge in [0.05, 0.1) is 19.8 Å². The van der Waals surface area contributed by atoms with Crippen LogP contribution in [0.4, 0.5) is 5.69 Å². The number of benzene rings is 4. The maximum Gasteiger partial charge on any atom is 0.161 e. The summed E-state index contributed by atoms with van der Waals surface area (Å²) in [5.41, 5.74) is 4.37. The topological polar surface area (TPSA) is 34.2 Å². The number of anilines is 1. The molecule has 2 saturated heterocycles. The van der Waals surface area contributed by atoms with Gasteiger partial charge in [-0.25, -0.2) is 0 Å². The fraction of sp³-hybridized carbons (Fsp3) is 0.226. The lowest BCUT2D eigenvalue weighted by Crippen LogP contribution is -2.37. The molecule has 2 heterocycles. The second kappa shape index (κ2) is 9.34. The smallest absolute Gasteiger partial charge is 0.161 e. The Balaban J connectivity index is 1.51. The van der Waals surface area contributed by atoms with Gasteiger partial charge in [-0.3, -0.25) is 4.84 Å². The van der Waals surface area contributed by atoms with Crippen LogP contribution in [0.1, 0.15) is 35.4 Å². The first-order valence-corrected chi connectivity index (χ1v) is 12.3. The summed E-state index contributed by atoms with van der Waals surface area (Å²) in [6.07, 6.45) is 0.668. The number of ether oxygens (including phenoxy) is 2. The van der Waals surface area contributed by atoms with E-state index in [-0.39, 0.29) is 17.8 Å². The van der Waals surface area contributed by atoms with E-state index in [0.29, 0.717) is 11.5 Å². The van der Waals surface area contributed by atoms with Crippen LogP contribution in [0.25, 0.3) is 0 Å². The van der Waals surface area contributed by atoms with Crippen LogP contribution in [-0.2, 0) is 10.4 Å². The van der Waals surface area contributed by atoms with Crippen LogP contribution in [0, 0.1) is 0 Å². The van der Waals surface area contributed by atoms with Crippen LogP contribution in [0.2, 0.25) is 0 Å². The third-order valence-corrected chi connectivity index (χ3v) is 7.41. The van der Waals surface area contributed by atoms with Gasteiger partial charge in [0.2, 0.25) is 0 Å². The molecule has 0 aromatic heterocycles. The lowest BCUT2D eigenvalue weighted by molar-refractivity contribution is -0.198. The van der Waals surface area contributed by atoms with Gasteiger partial charge in [-0.1, -0.05) is 84.9 Å². The lowest BCUT2D eigenvalue weighted by atomic mass is 9.84. The number of hydrogen-bond acceptors (Lipinski definition) is 5. The van der Waals surface area contributed by atoms with Crippen molar-refractivity contribution in [3.8, 4) is 11.5 Å². The molecule has 6 rings (SSSR count). The first-order valence-electron chi connectivity index (χ1n) is 12.3. The van der Waals surface area contributed by atoms with Crippen molar-refractivity contribution < 1.29 is 14.3 Å². The molecule has 36 heavy (non-hydrogen) atoms. The molecule has 2 aliphatic rings. The van der Waals surface area contributed by atoms with Crippen LogP contribution < -0.4 is 14.4 Å². The third-order valence-electron chi connectivity index (χ3n) is 7.41. The van der Waals surface area contributed by atoms with Crippen molar-refractivity contribution in [1.82, 2.24) is 5.06 Å². The van der Waals surface area contributed by atoms with Crippen molar-refractivity contribution in [3.05, 3.63) is 126 Å². The van der Waals surface area contributed by atoms with E-state index < -0.39 is 0 Å². The van der Waals surface area contributed by atoms with E-state index >= 15 is 0 Å². The van der Waals surface area contributed by atoms with Gasteiger partial charge in [-0.15, -0.1) is 5.06 Å². The van der Waals surface area contributed by atoms with Crippen LogP contribution in [-0.4, -0.2) is 25.8 Å². The molecule has 4 aromatic carbocycles. The second-order valence-electron chi connectivity index (χ2n) is 9.38. The average Bonchev–Trinajstić information content (AvgIpc) is 3.49. The summed E-state index contributed by atoms with van der Waals surface area (Å²) in [6, 6.07) is 38.0. The maximum absolute atomic E-state index is 6.90. The van der Waals surface area contributed by atoms with E-state index in [9.17, 15) is 0 Å². The first kappa shape index (κ1) is 22.7. The average molecular weight is 479 g/mol. The van der Waals surface area contributed by atoms with Crippen molar-refractivity contribution in [2.24, 2.45) is 0 Å². The highest BCUT2D eigenvalue weighted by atomic mass is 16.7. The van der Waals surface area contributed by atoms with E-state index in [2.05, 4.69) is 113 Å². The molecule has 2 fully saturated rings. The molecule has 0 radical (unpaired) electrons. The molecule has 0 N–H and O–H groups in total. The highest BCUT2D eigenvalue weighted by Crippen LogP contribution is 2.57. The molecular weight excluding hydrogens is 448 g/mol. The lowest BCUT2D eigenvalue weighted by Gasteiger charge is -2.33. The Bertz CT molecular complexity index is 1320. The largest absolute Gasteiger partial charge is 0.493 e. The molecule has 2 aliphatic heterocycles. The fourth-order valence-corrected chi connectivity index (χ4v) is 5.70. The van der Waals surface area contributed by atoms with E-state index in [1.165, 1.54) is 11.1 Å². The Hall–Kier alpha value is -3.80. The number of hydroxylamine groups is 2. The van der Waals surface area contributed by atoms with E-state index in [0.717, 1.165) is 24.2 Å². The van der Waals surface area contributed by atoms with Crippen LogP contribution in [0.15, 0.2) is 109 Å². The molecule has 182 valence electrons. The van der Waals surface area contributed by atoms with Gasteiger partial charge in [0.1, 0.15) is 12.3 Å². The Labute approximate surface area is 212 Å². The molecule has 0 saturated carbocycles. The highest BCUT2D eigenvalue weighted by molar-refractivity contribution is 5.54. The molecule has 5 nitrogen and oxygen atoms in total. The summed E-state index contributed by atoms with van der Waals surface area (Å²) in [6.45, 7) is 0.795. The van der Waals surface area contributed by atoms with Gasteiger partial charge in [0.25, 0.3) is 0 Å². The fourth-order valence-electron chi connectivity index (χ4n) is 5.70.